The maximum absolute atomic E-state index is 15.1. The fourth-order valence-electron chi connectivity index (χ4n) is 6.69. The minimum atomic E-state index is -2.02. The van der Waals surface area contributed by atoms with Crippen LogP contribution in [0.15, 0.2) is 84.9 Å². The van der Waals surface area contributed by atoms with Crippen molar-refractivity contribution in [1.82, 2.24) is 9.88 Å². The Morgan fingerprint density at radius 1 is 0.804 bits per heavy atom. The Bertz CT molecular complexity index is 1720. The molecule has 4 aromatic rings. The van der Waals surface area contributed by atoms with Gasteiger partial charge in [0.25, 0.3) is 5.91 Å². The second-order valence-electron chi connectivity index (χ2n) is 13.5. The van der Waals surface area contributed by atoms with E-state index < -0.39 is 35.1 Å². The number of benzene rings is 3. The number of H-pyrrole nitrogens is 1. The first-order chi connectivity index (χ1) is 24.7. The first-order valence-electron chi connectivity index (χ1n) is 18.4. The lowest BCUT2D eigenvalue weighted by Crippen LogP contribution is -2.62. The molecule has 2 atom stereocenters. The number of aromatic amines is 1. The summed E-state index contributed by atoms with van der Waals surface area (Å²) in [6.45, 7) is 4.61. The fourth-order valence-corrected chi connectivity index (χ4v) is 6.69. The number of nitrogens with one attached hydrogen (secondary N) is 1. The van der Waals surface area contributed by atoms with E-state index in [0.29, 0.717) is 42.5 Å². The van der Waals surface area contributed by atoms with Gasteiger partial charge in [-0.05, 0) is 42.9 Å². The molecule has 3 aromatic carbocycles. The van der Waals surface area contributed by atoms with E-state index in [4.69, 9.17) is 16.2 Å². The minimum absolute atomic E-state index is 0.0200. The molecule has 4 rings (SSSR count). The van der Waals surface area contributed by atoms with Crippen molar-refractivity contribution in [1.29, 1.82) is 0 Å². The standard InChI is InChI=1S/C42H54N4O5/c1-3-5-7-14-22-33(29-37(43)47)46(27-6-4-2)41(50)42(44,26-17-25-38(48)51-30-32-20-12-9-13-21-32)40(49)39-34-23-15-16-24-35(34)45-36(39)28-31-18-10-8-11-19-31/h8-13,15-16,18-21,23-24,33,45H,3-7,14,17,22,25-30,44H2,1-2H3,(H2,43,47)/t33-,42-/m0/s1. The third-order valence-corrected chi connectivity index (χ3v) is 9.50. The van der Waals surface area contributed by atoms with Crippen molar-refractivity contribution in [3.05, 3.63) is 107 Å². The van der Waals surface area contributed by atoms with Crippen LogP contribution in [0.2, 0.25) is 0 Å². The average molecular weight is 695 g/mol. The highest BCUT2D eigenvalue weighted by atomic mass is 16.5. The van der Waals surface area contributed by atoms with Crippen LogP contribution in [0.1, 0.15) is 112 Å². The van der Waals surface area contributed by atoms with Gasteiger partial charge < -0.3 is 26.1 Å². The number of esters is 1. The number of nitrogens with two attached hydrogens (primary N) is 2. The maximum Gasteiger partial charge on any atom is 0.306 e. The van der Waals surface area contributed by atoms with Crippen molar-refractivity contribution in [3.63, 3.8) is 0 Å². The van der Waals surface area contributed by atoms with Gasteiger partial charge in [-0.1, -0.05) is 125 Å². The maximum atomic E-state index is 15.1. The Kier molecular flexibility index (Phi) is 15.0. The zero-order chi connectivity index (χ0) is 36.6. The number of aromatic nitrogens is 1. The van der Waals surface area contributed by atoms with Gasteiger partial charge in [0.05, 0.1) is 0 Å². The van der Waals surface area contributed by atoms with Crippen molar-refractivity contribution in [2.24, 2.45) is 11.5 Å². The number of para-hydroxylation sites is 1. The second kappa shape index (κ2) is 19.6. The highest BCUT2D eigenvalue weighted by Crippen LogP contribution is 2.32. The molecular formula is C42H54N4O5. The third-order valence-electron chi connectivity index (χ3n) is 9.50. The molecule has 0 aliphatic heterocycles. The van der Waals surface area contributed by atoms with Crippen molar-refractivity contribution in [2.75, 3.05) is 6.54 Å². The highest BCUT2D eigenvalue weighted by Gasteiger charge is 2.47. The van der Waals surface area contributed by atoms with Gasteiger partial charge in [0.2, 0.25) is 5.91 Å². The van der Waals surface area contributed by atoms with E-state index >= 15 is 9.59 Å². The van der Waals surface area contributed by atoms with E-state index in [9.17, 15) is 9.59 Å². The first kappa shape index (κ1) is 39.0. The lowest BCUT2D eigenvalue weighted by atomic mass is 9.81. The number of Topliss-reactive ketones (excluding diaryl/α,β-unsaturated/α-hetero) is 1. The molecule has 2 amide bonds. The largest absolute Gasteiger partial charge is 0.461 e. The summed E-state index contributed by atoms with van der Waals surface area (Å²) in [5, 5.41) is 0.673. The van der Waals surface area contributed by atoms with Gasteiger partial charge in [-0.2, -0.15) is 0 Å². The molecule has 0 bridgehead atoms. The summed E-state index contributed by atoms with van der Waals surface area (Å²) in [5.74, 6) is -2.01. The minimum Gasteiger partial charge on any atom is -0.461 e. The number of amides is 2. The van der Waals surface area contributed by atoms with E-state index in [-0.39, 0.29) is 32.3 Å². The number of ketones is 1. The van der Waals surface area contributed by atoms with Crippen LogP contribution < -0.4 is 11.5 Å². The Hall–Kier alpha value is -4.76. The summed E-state index contributed by atoms with van der Waals surface area (Å²) in [5.41, 5.74) is 14.5. The Morgan fingerprint density at radius 3 is 2.12 bits per heavy atom. The number of hydrogen-bond donors (Lipinski definition) is 3. The highest BCUT2D eigenvalue weighted by molar-refractivity contribution is 6.23. The predicted octanol–water partition coefficient (Wildman–Crippen LogP) is 7.40. The average Bonchev–Trinajstić information content (AvgIpc) is 3.50. The molecule has 0 unspecified atom stereocenters. The van der Waals surface area contributed by atoms with E-state index in [1.54, 1.807) is 4.90 Å². The van der Waals surface area contributed by atoms with Gasteiger partial charge in [0.15, 0.2) is 11.3 Å². The number of fused-ring (bicyclic) bond motifs is 1. The number of rotatable bonds is 22. The molecule has 9 nitrogen and oxygen atoms in total. The molecular weight excluding hydrogens is 640 g/mol. The number of hydrogen-bond acceptors (Lipinski definition) is 6. The van der Waals surface area contributed by atoms with Gasteiger partial charge in [-0.25, -0.2) is 0 Å². The summed E-state index contributed by atoms with van der Waals surface area (Å²) in [7, 11) is 0. The molecule has 0 aliphatic carbocycles. The molecule has 51 heavy (non-hydrogen) atoms. The lowest BCUT2D eigenvalue weighted by molar-refractivity contribution is -0.146. The summed E-state index contributed by atoms with van der Waals surface area (Å²) in [4.78, 5) is 60.4. The number of primary amides is 1. The van der Waals surface area contributed by atoms with Crippen LogP contribution in [-0.4, -0.2) is 51.6 Å². The summed E-state index contributed by atoms with van der Waals surface area (Å²) < 4.78 is 5.51. The van der Waals surface area contributed by atoms with E-state index in [2.05, 4.69) is 11.9 Å². The molecule has 1 heterocycles. The molecule has 0 saturated carbocycles. The van der Waals surface area contributed by atoms with Gasteiger partial charge in [0.1, 0.15) is 6.61 Å². The van der Waals surface area contributed by atoms with E-state index in [1.165, 1.54) is 0 Å². The number of carbonyl (C=O) groups is 4. The van der Waals surface area contributed by atoms with Gasteiger partial charge in [-0.15, -0.1) is 0 Å². The molecule has 0 saturated heterocycles. The molecule has 0 fully saturated rings. The molecule has 5 N–H and O–H groups in total. The van der Waals surface area contributed by atoms with Crippen molar-refractivity contribution in [2.45, 2.75) is 109 Å². The molecule has 0 radical (unpaired) electrons. The summed E-state index contributed by atoms with van der Waals surface area (Å²) in [6.07, 6.45) is 6.32. The van der Waals surface area contributed by atoms with Crippen LogP contribution in [0.4, 0.5) is 0 Å². The van der Waals surface area contributed by atoms with Crippen LogP contribution in [0.25, 0.3) is 10.9 Å². The van der Waals surface area contributed by atoms with Crippen molar-refractivity contribution < 1.29 is 23.9 Å². The Morgan fingerprint density at radius 2 is 1.45 bits per heavy atom. The zero-order valence-corrected chi connectivity index (χ0v) is 30.2. The molecule has 9 heteroatoms. The number of unbranched alkanes of at least 4 members (excludes halogenated alkanes) is 4. The predicted molar refractivity (Wildman–Crippen MR) is 202 cm³/mol. The molecule has 0 spiro atoms. The van der Waals surface area contributed by atoms with Gasteiger partial charge in [-0.3, -0.25) is 19.2 Å². The van der Waals surface area contributed by atoms with Crippen LogP contribution in [0.5, 0.6) is 0 Å². The monoisotopic (exact) mass is 694 g/mol. The van der Waals surface area contributed by atoms with Crippen LogP contribution in [0.3, 0.4) is 0 Å². The van der Waals surface area contributed by atoms with Crippen molar-refractivity contribution >= 4 is 34.5 Å². The number of carbonyl (C=O) groups excluding carboxylic acids is 4. The number of ether oxygens (including phenoxy) is 1. The normalized spacial score (nSPS) is 13.0. The SMILES string of the molecule is CCCCCC[C@@H](CC(N)=O)N(CCCC)C(=O)[C@](N)(CCCC(=O)OCc1ccccc1)C(=O)c1c(Cc2ccccc2)[nH]c2ccccc12. The fraction of sp³-hybridized carbons (Fsp3) is 0.429. The molecule has 272 valence electrons. The first-order valence-corrected chi connectivity index (χ1v) is 18.4. The Balaban J connectivity index is 1.72. The Labute approximate surface area is 302 Å². The third kappa shape index (κ3) is 10.9. The van der Waals surface area contributed by atoms with Crippen LogP contribution in [0, 0.1) is 0 Å². The van der Waals surface area contributed by atoms with Crippen molar-refractivity contribution in [3.8, 4) is 0 Å². The lowest BCUT2D eigenvalue weighted by Gasteiger charge is -2.38. The summed E-state index contributed by atoms with van der Waals surface area (Å²) >= 11 is 0. The zero-order valence-electron chi connectivity index (χ0n) is 30.2. The quantitative estimate of drug-likeness (QED) is 0.0338. The van der Waals surface area contributed by atoms with Crippen LogP contribution in [-0.2, 0) is 32.1 Å². The second-order valence-corrected chi connectivity index (χ2v) is 13.5. The van der Waals surface area contributed by atoms with Gasteiger partial charge in [0, 0.05) is 54.0 Å². The molecule has 1 aromatic heterocycles. The summed E-state index contributed by atoms with van der Waals surface area (Å²) in [6, 6.07) is 26.2. The van der Waals surface area contributed by atoms with Gasteiger partial charge >= 0.3 is 5.97 Å². The topological polar surface area (TPSA) is 149 Å². The van der Waals surface area contributed by atoms with E-state index in [0.717, 1.165) is 48.7 Å². The van der Waals surface area contributed by atoms with E-state index in [1.807, 2.05) is 91.9 Å². The van der Waals surface area contributed by atoms with Crippen LogP contribution >= 0.6 is 0 Å². The number of nitrogens with zero attached hydrogens (tertiary/aromatic N) is 1. The smallest absolute Gasteiger partial charge is 0.306 e. The molecule has 0 aliphatic rings.